The summed E-state index contributed by atoms with van der Waals surface area (Å²) in [5.41, 5.74) is 20.4. The number of carbonyl (C=O) groups excluding carboxylic acids is 13. The molecule has 0 saturated carbocycles. The molecule has 0 aliphatic carbocycles. The highest BCUT2D eigenvalue weighted by atomic mass is 16.2. The van der Waals surface area contributed by atoms with Crippen molar-refractivity contribution < 1.29 is 62.3 Å². The molecule has 0 bridgehead atoms. The van der Waals surface area contributed by atoms with Gasteiger partial charge in [0, 0.05) is 67.4 Å². The molecule has 0 saturated heterocycles. The molecule has 2 heterocycles. The highest BCUT2D eigenvalue weighted by molar-refractivity contribution is 6.06. The number of nitrogens with one attached hydrogen (secondary N) is 14. The summed E-state index contributed by atoms with van der Waals surface area (Å²) < 4.78 is 0. The lowest BCUT2D eigenvalue weighted by molar-refractivity contribution is -0.132. The topological polar surface area (TPSA) is 476 Å². The third kappa shape index (κ3) is 26.3. The highest BCUT2D eigenvalue weighted by Crippen LogP contribution is 2.22. The number of H-pyrrole nitrogens is 2. The molecule has 13 amide bonds. The van der Waals surface area contributed by atoms with E-state index in [2.05, 4.69) is 73.8 Å². The smallest absolute Gasteiger partial charge is 0.268 e. The van der Waals surface area contributed by atoms with Crippen LogP contribution in [0.3, 0.4) is 0 Å². The molecule has 7 atom stereocenters. The van der Waals surface area contributed by atoms with Gasteiger partial charge >= 0.3 is 0 Å². The van der Waals surface area contributed by atoms with Crippen molar-refractivity contribution in [1.29, 1.82) is 0 Å². The van der Waals surface area contributed by atoms with Crippen molar-refractivity contribution in [2.45, 2.75) is 141 Å². The van der Waals surface area contributed by atoms with Crippen molar-refractivity contribution >= 4 is 111 Å². The lowest BCUT2D eigenvalue weighted by atomic mass is 10.0. The summed E-state index contributed by atoms with van der Waals surface area (Å²) in [5, 5.41) is 32.9. The minimum Gasteiger partial charge on any atom is -0.368 e. The number of unbranched alkanes of at least 4 members (excludes halogenated alkanes) is 3. The van der Waals surface area contributed by atoms with Gasteiger partial charge in [-0.05, 0) is 131 Å². The lowest BCUT2D eigenvalue weighted by Gasteiger charge is -2.24. The summed E-state index contributed by atoms with van der Waals surface area (Å²) in [6.45, 7) is 5.12. The number of aromatic nitrogens is 2. The summed E-state index contributed by atoms with van der Waals surface area (Å²) in [5.74, 6) is -9.47. The number of carbonyl (C=O) groups is 13. The Labute approximate surface area is 590 Å². The van der Waals surface area contributed by atoms with Crippen molar-refractivity contribution in [1.82, 2.24) is 73.8 Å². The number of benzene rings is 4. The number of fused-ring (bicyclic) bond motifs is 2. The van der Waals surface area contributed by atoms with Crippen LogP contribution in [0.4, 0.5) is 0 Å². The van der Waals surface area contributed by atoms with Crippen LogP contribution in [0, 0.1) is 0 Å². The number of amides is 13. The summed E-state index contributed by atoms with van der Waals surface area (Å²) in [4.78, 5) is 181. The van der Waals surface area contributed by atoms with E-state index in [9.17, 15) is 62.3 Å². The van der Waals surface area contributed by atoms with Crippen LogP contribution in [-0.4, -0.2) is 162 Å². The van der Waals surface area contributed by atoms with E-state index in [-0.39, 0.29) is 62.9 Å². The number of hydrogen-bond acceptors (Lipinski definition) is 15. The average Bonchev–Trinajstić information content (AvgIpc) is 1.73. The molecule has 544 valence electrons. The minimum absolute atomic E-state index is 0.00317. The Morgan fingerprint density at radius 1 is 0.412 bits per heavy atom. The molecule has 102 heavy (non-hydrogen) atoms. The predicted octanol–water partition coefficient (Wildman–Crippen LogP) is 0.484. The maximum atomic E-state index is 14.5. The maximum Gasteiger partial charge on any atom is 0.268 e. The molecular formula is C72H93N17O13. The third-order valence-electron chi connectivity index (χ3n) is 16.2. The van der Waals surface area contributed by atoms with Gasteiger partial charge in [-0.3, -0.25) is 62.3 Å². The number of primary amides is 1. The van der Waals surface area contributed by atoms with E-state index >= 15 is 0 Å². The maximum absolute atomic E-state index is 14.5. The third-order valence-corrected chi connectivity index (χ3v) is 16.2. The number of para-hydroxylation sites is 2. The Kier molecular flexibility index (Phi) is 32.0. The Balaban J connectivity index is 1.10. The Bertz CT molecular complexity index is 3970. The molecule has 6 aromatic rings. The monoisotopic (exact) mass is 1400 g/mol. The van der Waals surface area contributed by atoms with Gasteiger partial charge in [0.1, 0.15) is 53.7 Å². The van der Waals surface area contributed by atoms with Gasteiger partial charge in [-0.25, -0.2) is 0 Å². The van der Waals surface area contributed by atoms with Gasteiger partial charge in [-0.15, -0.1) is 0 Å². The fraction of sp³-hybridized carbons (Fsp3) is 0.375. The van der Waals surface area contributed by atoms with E-state index in [0.29, 0.717) is 61.0 Å². The van der Waals surface area contributed by atoms with Crippen LogP contribution in [0.2, 0.25) is 0 Å². The molecule has 20 N–H and O–H groups in total. The van der Waals surface area contributed by atoms with Gasteiger partial charge in [0.15, 0.2) is 0 Å². The zero-order valence-corrected chi connectivity index (χ0v) is 57.6. The van der Waals surface area contributed by atoms with Gasteiger partial charge in [0.05, 0.1) is 13.1 Å². The second-order valence-electron chi connectivity index (χ2n) is 24.4. The quantitative estimate of drug-likeness (QED) is 0.0183. The fourth-order valence-corrected chi connectivity index (χ4v) is 10.7. The first-order chi connectivity index (χ1) is 48.9. The van der Waals surface area contributed by atoms with Crippen LogP contribution < -0.4 is 81.0 Å². The van der Waals surface area contributed by atoms with E-state index in [1.165, 1.54) is 39.8 Å². The van der Waals surface area contributed by atoms with Gasteiger partial charge in [0.25, 0.3) is 11.8 Å². The zero-order valence-electron chi connectivity index (χ0n) is 57.6. The summed E-state index contributed by atoms with van der Waals surface area (Å²) in [7, 11) is 0. The molecule has 0 unspecified atom stereocenters. The largest absolute Gasteiger partial charge is 0.368 e. The lowest BCUT2D eigenvalue weighted by Crippen LogP contribution is -2.56. The van der Waals surface area contributed by atoms with Gasteiger partial charge in [0.2, 0.25) is 65.0 Å². The van der Waals surface area contributed by atoms with Crippen LogP contribution in [-0.2, 0) is 75.2 Å². The fourth-order valence-electron chi connectivity index (χ4n) is 10.7. The second-order valence-corrected chi connectivity index (χ2v) is 24.4. The standard InChI is InChI=1S/C72H93N17O13/c1-43(81-69(99)60(37-49-39-79-53-27-13-11-25-51(49)53)88-71(101)58(35-47-21-7-5-8-22-47)86-67(97)56(30-15-18-32-73)83-62(92)41-77-45(3)90)65(95)76-34-20-17-29-55(64(75)94)85-66(96)44(2)82-70(100)61(38-50-40-80-54-28-14-12-26-52(50)54)89-72(102)59(36-48-23-9-6-10-24-48)87-68(98)57(31-16-19-33-74)84-63(93)42-78-46(4)91/h5-14,21-28,35-36,39-40,43-44,55-57,60-61,79-80H,15-20,29-34,37-38,41-42,73-74H2,1-4H3,(H2,75,94)(H,76,95)(H,77,90)(H,78,91)(H,81,99)(H,82,100)(H,83,92)(H,84,93)(H,85,96)(H,86,97)(H,87,98)(H,88,101)(H,89,102)/b58-35+,59-36+/t43-,44-,55-,56-,57-,60-,61-/m0/s1. The number of nitrogens with two attached hydrogens (primary N) is 3. The summed E-state index contributed by atoms with van der Waals surface area (Å²) in [6.07, 6.45) is 8.57. The van der Waals surface area contributed by atoms with Crippen molar-refractivity contribution in [2.75, 3.05) is 32.7 Å². The Hall–Kier alpha value is -11.5. The molecule has 6 rings (SSSR count). The number of hydrogen-bond donors (Lipinski definition) is 17. The molecule has 30 heteroatoms. The summed E-state index contributed by atoms with van der Waals surface area (Å²) in [6, 6.07) is 22.8. The highest BCUT2D eigenvalue weighted by Gasteiger charge is 2.33. The molecular weight excluding hydrogens is 1310 g/mol. The minimum atomic E-state index is -1.40. The van der Waals surface area contributed by atoms with E-state index in [0.717, 1.165) is 21.8 Å². The molecule has 2 aromatic heterocycles. The molecule has 0 aliphatic rings. The summed E-state index contributed by atoms with van der Waals surface area (Å²) >= 11 is 0. The van der Waals surface area contributed by atoms with Gasteiger partial charge < -0.3 is 91.0 Å². The van der Waals surface area contributed by atoms with Crippen LogP contribution >= 0.6 is 0 Å². The van der Waals surface area contributed by atoms with Crippen molar-refractivity contribution in [3.8, 4) is 0 Å². The molecule has 0 aliphatic heterocycles. The number of aromatic amines is 2. The average molecular weight is 1400 g/mol. The Morgan fingerprint density at radius 2 is 0.804 bits per heavy atom. The second kappa shape index (κ2) is 41.1. The van der Waals surface area contributed by atoms with Gasteiger partial charge in [-0.1, -0.05) is 97.1 Å². The SMILES string of the molecule is CC(=O)NCC(=O)N[C@@H](CCCCN)C(=O)N/C(=C/c1ccccc1)C(=O)N[C@@H](Cc1c[nH]c2ccccc12)C(=O)N[C@@H](C)C(=O)NCCCC[C@H](NC(=O)[C@H](C)NC(=O)[C@H](Cc1c[nH]c2ccccc12)NC(=O)/C(=C\c1ccccc1)NC(=O)[C@H](CCCCN)NC(=O)CNC(C)=O)C(N)=O. The van der Waals surface area contributed by atoms with Crippen molar-refractivity contribution in [3.05, 3.63) is 155 Å². The normalized spacial score (nSPS) is 13.4. The first-order valence-electron chi connectivity index (χ1n) is 33.8. The molecule has 0 radical (unpaired) electrons. The Morgan fingerprint density at radius 3 is 1.22 bits per heavy atom. The van der Waals surface area contributed by atoms with Crippen molar-refractivity contribution in [2.24, 2.45) is 17.2 Å². The molecule has 4 aromatic carbocycles. The van der Waals surface area contributed by atoms with Crippen LogP contribution in [0.5, 0.6) is 0 Å². The van der Waals surface area contributed by atoms with E-state index in [4.69, 9.17) is 17.2 Å². The van der Waals surface area contributed by atoms with E-state index in [1.54, 1.807) is 79.1 Å². The first kappa shape index (κ1) is 79.5. The van der Waals surface area contributed by atoms with Crippen LogP contribution in [0.25, 0.3) is 34.0 Å². The molecule has 0 spiro atoms. The van der Waals surface area contributed by atoms with Crippen molar-refractivity contribution in [3.63, 3.8) is 0 Å². The zero-order chi connectivity index (χ0) is 74.1. The van der Waals surface area contributed by atoms with Gasteiger partial charge in [-0.2, -0.15) is 0 Å². The van der Waals surface area contributed by atoms with E-state index < -0.39 is 132 Å². The predicted molar refractivity (Wildman–Crippen MR) is 383 cm³/mol. The first-order valence-corrected chi connectivity index (χ1v) is 33.8. The van der Waals surface area contributed by atoms with Crippen LogP contribution in [0.15, 0.2) is 133 Å². The van der Waals surface area contributed by atoms with E-state index in [1.807, 2.05) is 42.5 Å². The molecule has 30 nitrogen and oxygen atoms in total. The van der Waals surface area contributed by atoms with Crippen LogP contribution in [0.1, 0.15) is 108 Å². The molecule has 0 fully saturated rings. The number of rotatable bonds is 41.